The predicted molar refractivity (Wildman–Crippen MR) is 220 cm³/mol. The molecule has 244 valence electrons. The van der Waals surface area contributed by atoms with Crippen molar-refractivity contribution >= 4 is 60.5 Å². The number of hydrogen-bond acceptors (Lipinski definition) is 2. The first kappa shape index (κ1) is 30.0. The first-order valence-corrected chi connectivity index (χ1v) is 17.8. The number of furan rings is 1. The highest BCUT2D eigenvalue weighted by Crippen LogP contribution is 2.47. The first-order chi connectivity index (χ1) is 25.8. The number of benzene rings is 9. The summed E-state index contributed by atoms with van der Waals surface area (Å²) >= 11 is 0. The van der Waals surface area contributed by atoms with Crippen LogP contribution in [0.15, 0.2) is 205 Å². The highest BCUT2D eigenvalue weighted by atomic mass is 16.3. The fraction of sp³-hybridized carbons (Fsp3) is 0. The monoisotopic (exact) mass is 663 g/mol. The van der Waals surface area contributed by atoms with E-state index in [-0.39, 0.29) is 0 Å². The van der Waals surface area contributed by atoms with Gasteiger partial charge >= 0.3 is 0 Å². The summed E-state index contributed by atoms with van der Waals surface area (Å²) in [5.41, 5.74) is 12.0. The Bertz CT molecular complexity index is 2870. The summed E-state index contributed by atoms with van der Waals surface area (Å²) in [4.78, 5) is 2.35. The summed E-state index contributed by atoms with van der Waals surface area (Å²) in [7, 11) is 0. The highest BCUT2D eigenvalue weighted by Gasteiger charge is 2.22. The van der Waals surface area contributed by atoms with E-state index >= 15 is 0 Å². The van der Waals surface area contributed by atoms with Crippen LogP contribution < -0.4 is 4.90 Å². The molecule has 10 rings (SSSR count). The molecule has 0 amide bonds. The maximum absolute atomic E-state index is 7.00. The minimum absolute atomic E-state index is 0.855. The average molecular weight is 664 g/mol. The molecule has 0 saturated carbocycles. The summed E-state index contributed by atoms with van der Waals surface area (Å²) < 4.78 is 7.00. The van der Waals surface area contributed by atoms with Crippen LogP contribution in [0.1, 0.15) is 0 Å². The molecule has 0 spiro atoms. The fourth-order valence-corrected chi connectivity index (χ4v) is 7.74. The van der Waals surface area contributed by atoms with Crippen molar-refractivity contribution in [3.63, 3.8) is 0 Å². The van der Waals surface area contributed by atoms with Crippen LogP contribution in [0.4, 0.5) is 17.1 Å². The molecular formula is C50H33NO. The maximum Gasteiger partial charge on any atom is 0.143 e. The van der Waals surface area contributed by atoms with Gasteiger partial charge in [0, 0.05) is 33.6 Å². The largest absolute Gasteiger partial charge is 0.455 e. The van der Waals surface area contributed by atoms with E-state index in [1.807, 2.05) is 0 Å². The van der Waals surface area contributed by atoms with E-state index in [1.165, 1.54) is 38.4 Å². The van der Waals surface area contributed by atoms with Crippen molar-refractivity contribution in [1.29, 1.82) is 0 Å². The summed E-state index contributed by atoms with van der Waals surface area (Å²) in [6, 6.07) is 71.6. The number of nitrogens with zero attached hydrogens (tertiary/aromatic N) is 1. The van der Waals surface area contributed by atoms with Crippen molar-refractivity contribution in [3.05, 3.63) is 200 Å². The van der Waals surface area contributed by atoms with Crippen LogP contribution >= 0.6 is 0 Å². The molecule has 2 heteroatoms. The predicted octanol–water partition coefficient (Wildman–Crippen LogP) is 14.4. The quantitative estimate of drug-likeness (QED) is 0.176. The third-order valence-corrected chi connectivity index (χ3v) is 10.2. The standard InChI is InChI=1S/C50H33NO/c1-4-14-34(15-5-1)36-24-27-40(28-25-36)51(41-29-26-35-16-10-11-21-39(35)30-41)42-31-46(38-19-8-3-9-20-38)49-47-33-45(37-17-6-2-7-18-37)43-22-12-13-23-44(43)50(47)52-48(49)32-42/h1-33H. The van der Waals surface area contributed by atoms with Gasteiger partial charge in [-0.3, -0.25) is 0 Å². The highest BCUT2D eigenvalue weighted by molar-refractivity contribution is 6.22. The number of fused-ring (bicyclic) bond motifs is 6. The third-order valence-electron chi connectivity index (χ3n) is 10.2. The zero-order valence-corrected chi connectivity index (χ0v) is 28.4. The molecule has 2 nitrogen and oxygen atoms in total. The molecule has 9 aromatic carbocycles. The molecular weight excluding hydrogens is 631 g/mol. The van der Waals surface area contributed by atoms with Gasteiger partial charge in [-0.1, -0.05) is 158 Å². The van der Waals surface area contributed by atoms with Crippen molar-refractivity contribution < 1.29 is 4.42 Å². The van der Waals surface area contributed by atoms with Crippen LogP contribution in [0.3, 0.4) is 0 Å². The Balaban J connectivity index is 1.25. The van der Waals surface area contributed by atoms with Crippen molar-refractivity contribution in [2.24, 2.45) is 0 Å². The zero-order valence-electron chi connectivity index (χ0n) is 28.4. The van der Waals surface area contributed by atoms with E-state index in [9.17, 15) is 0 Å². The van der Waals surface area contributed by atoms with Crippen molar-refractivity contribution in [3.8, 4) is 33.4 Å². The van der Waals surface area contributed by atoms with Gasteiger partial charge in [0.05, 0.1) is 5.69 Å². The molecule has 0 fully saturated rings. The van der Waals surface area contributed by atoms with E-state index in [4.69, 9.17) is 4.42 Å². The second kappa shape index (κ2) is 12.5. The van der Waals surface area contributed by atoms with Gasteiger partial charge in [-0.2, -0.15) is 0 Å². The van der Waals surface area contributed by atoms with Gasteiger partial charge in [0.15, 0.2) is 0 Å². The van der Waals surface area contributed by atoms with E-state index in [1.54, 1.807) is 0 Å². The Morgan fingerprint density at radius 2 is 0.885 bits per heavy atom. The molecule has 0 bridgehead atoms. The lowest BCUT2D eigenvalue weighted by molar-refractivity contribution is 0.673. The molecule has 0 aliphatic heterocycles. The molecule has 1 heterocycles. The molecule has 1 aromatic heterocycles. The Morgan fingerprint density at radius 1 is 0.327 bits per heavy atom. The summed E-state index contributed by atoms with van der Waals surface area (Å²) in [6.07, 6.45) is 0. The van der Waals surface area contributed by atoms with Crippen molar-refractivity contribution in [2.75, 3.05) is 4.90 Å². The Hall–Kier alpha value is -6.90. The fourth-order valence-electron chi connectivity index (χ4n) is 7.74. The van der Waals surface area contributed by atoms with Crippen LogP contribution in [-0.4, -0.2) is 0 Å². The molecule has 0 radical (unpaired) electrons. The lowest BCUT2D eigenvalue weighted by Gasteiger charge is -2.27. The van der Waals surface area contributed by atoms with Gasteiger partial charge in [0.25, 0.3) is 0 Å². The lowest BCUT2D eigenvalue weighted by atomic mass is 9.93. The lowest BCUT2D eigenvalue weighted by Crippen LogP contribution is -2.10. The van der Waals surface area contributed by atoms with Gasteiger partial charge in [0.2, 0.25) is 0 Å². The average Bonchev–Trinajstić information content (AvgIpc) is 3.60. The van der Waals surface area contributed by atoms with E-state index in [0.717, 1.165) is 55.5 Å². The third kappa shape index (κ3) is 5.12. The van der Waals surface area contributed by atoms with Gasteiger partial charge in [-0.25, -0.2) is 0 Å². The van der Waals surface area contributed by atoms with Crippen molar-refractivity contribution in [2.45, 2.75) is 0 Å². The Labute approximate surface area is 302 Å². The van der Waals surface area contributed by atoms with Gasteiger partial charge in [-0.05, 0) is 85.9 Å². The first-order valence-electron chi connectivity index (χ1n) is 17.8. The van der Waals surface area contributed by atoms with E-state index < -0.39 is 0 Å². The molecule has 0 atom stereocenters. The maximum atomic E-state index is 7.00. The van der Waals surface area contributed by atoms with Crippen LogP contribution in [0.2, 0.25) is 0 Å². The minimum Gasteiger partial charge on any atom is -0.455 e. The van der Waals surface area contributed by atoms with Crippen LogP contribution in [0.25, 0.3) is 76.9 Å². The number of anilines is 3. The molecule has 0 aliphatic carbocycles. The smallest absolute Gasteiger partial charge is 0.143 e. The van der Waals surface area contributed by atoms with E-state index in [2.05, 4.69) is 205 Å². The minimum atomic E-state index is 0.855. The topological polar surface area (TPSA) is 16.4 Å². The summed E-state index contributed by atoms with van der Waals surface area (Å²) in [5.74, 6) is 0. The summed E-state index contributed by atoms with van der Waals surface area (Å²) in [5, 5.41) is 6.92. The molecule has 0 unspecified atom stereocenters. The Kier molecular flexibility index (Phi) is 7.18. The SMILES string of the molecule is c1ccc(-c2ccc(N(c3ccc4ccccc4c3)c3cc(-c4ccccc4)c4c(c3)oc3c5ccccc5c(-c5ccccc5)cc34)cc2)cc1. The van der Waals surface area contributed by atoms with Gasteiger partial charge < -0.3 is 9.32 Å². The van der Waals surface area contributed by atoms with Gasteiger partial charge in [-0.15, -0.1) is 0 Å². The van der Waals surface area contributed by atoms with Crippen LogP contribution in [0, 0.1) is 0 Å². The second-order valence-electron chi connectivity index (χ2n) is 13.3. The molecule has 0 N–H and O–H groups in total. The molecule has 10 aromatic rings. The molecule has 0 aliphatic rings. The Morgan fingerprint density at radius 3 is 1.60 bits per heavy atom. The zero-order chi connectivity index (χ0) is 34.4. The van der Waals surface area contributed by atoms with Crippen LogP contribution in [-0.2, 0) is 0 Å². The van der Waals surface area contributed by atoms with Crippen molar-refractivity contribution in [1.82, 2.24) is 0 Å². The summed E-state index contributed by atoms with van der Waals surface area (Å²) in [6.45, 7) is 0. The number of rotatable bonds is 6. The normalized spacial score (nSPS) is 11.5. The molecule has 0 saturated heterocycles. The van der Waals surface area contributed by atoms with Crippen LogP contribution in [0.5, 0.6) is 0 Å². The molecule has 52 heavy (non-hydrogen) atoms. The van der Waals surface area contributed by atoms with E-state index in [0.29, 0.717) is 0 Å². The van der Waals surface area contributed by atoms with Gasteiger partial charge in [0.1, 0.15) is 11.2 Å². The number of hydrogen-bond donors (Lipinski definition) is 0. The second-order valence-corrected chi connectivity index (χ2v) is 13.3.